The standard InChI is InChI=1S/C25H30N2O3/c28-25-22-11-10-21(18-24(22)30-19-23(25)20-8-4-3-5-9-20)29-17-7-2-1-6-14-27-15-12-26-13-16-27/h3-5,8-11,18-19,26H,1-2,6-7,12-17H2. The number of fused-ring (bicyclic) bond motifs is 1. The van der Waals surface area contributed by atoms with Crippen LogP contribution in [0.1, 0.15) is 25.7 Å². The number of nitrogens with zero attached hydrogens (tertiary/aromatic N) is 1. The smallest absolute Gasteiger partial charge is 0.200 e. The monoisotopic (exact) mass is 406 g/mol. The van der Waals surface area contributed by atoms with E-state index in [4.69, 9.17) is 9.15 Å². The normalized spacial score (nSPS) is 14.8. The van der Waals surface area contributed by atoms with E-state index in [-0.39, 0.29) is 5.43 Å². The molecule has 158 valence electrons. The van der Waals surface area contributed by atoms with Gasteiger partial charge in [-0.25, -0.2) is 0 Å². The maximum Gasteiger partial charge on any atom is 0.200 e. The van der Waals surface area contributed by atoms with E-state index < -0.39 is 0 Å². The predicted molar refractivity (Wildman–Crippen MR) is 121 cm³/mol. The number of rotatable bonds is 9. The van der Waals surface area contributed by atoms with Crippen LogP contribution in [-0.2, 0) is 0 Å². The molecule has 1 aromatic heterocycles. The maximum atomic E-state index is 12.8. The molecular weight excluding hydrogens is 376 g/mol. The lowest BCUT2D eigenvalue weighted by atomic mass is 10.1. The van der Waals surface area contributed by atoms with Crippen molar-refractivity contribution in [3.8, 4) is 16.9 Å². The van der Waals surface area contributed by atoms with Crippen LogP contribution in [0.15, 0.2) is 64.0 Å². The molecule has 1 N–H and O–H groups in total. The van der Waals surface area contributed by atoms with Gasteiger partial charge < -0.3 is 19.4 Å². The van der Waals surface area contributed by atoms with Crippen molar-refractivity contribution < 1.29 is 9.15 Å². The van der Waals surface area contributed by atoms with Gasteiger partial charge in [0.05, 0.1) is 17.6 Å². The fourth-order valence-electron chi connectivity index (χ4n) is 3.93. The van der Waals surface area contributed by atoms with E-state index in [0.29, 0.717) is 23.1 Å². The van der Waals surface area contributed by atoms with Gasteiger partial charge in [0.15, 0.2) is 5.43 Å². The quantitative estimate of drug-likeness (QED) is 0.537. The average molecular weight is 407 g/mol. The van der Waals surface area contributed by atoms with E-state index >= 15 is 0 Å². The minimum absolute atomic E-state index is 0.0153. The third kappa shape index (κ3) is 5.29. The summed E-state index contributed by atoms with van der Waals surface area (Å²) in [5.41, 5.74) is 2.00. The highest BCUT2D eigenvalue weighted by atomic mass is 16.5. The summed E-state index contributed by atoms with van der Waals surface area (Å²) in [5, 5.41) is 3.97. The van der Waals surface area contributed by atoms with Crippen LogP contribution in [0.4, 0.5) is 0 Å². The van der Waals surface area contributed by atoms with E-state index in [9.17, 15) is 4.79 Å². The van der Waals surface area contributed by atoms with Crippen molar-refractivity contribution in [3.63, 3.8) is 0 Å². The molecule has 0 bridgehead atoms. The molecule has 0 atom stereocenters. The summed E-state index contributed by atoms with van der Waals surface area (Å²) in [6.45, 7) is 6.48. The number of nitrogens with one attached hydrogen (secondary N) is 1. The number of benzene rings is 2. The van der Waals surface area contributed by atoms with Gasteiger partial charge in [0.2, 0.25) is 0 Å². The van der Waals surface area contributed by atoms with Crippen molar-refractivity contribution >= 4 is 11.0 Å². The van der Waals surface area contributed by atoms with Gasteiger partial charge in [-0.05, 0) is 37.1 Å². The summed E-state index contributed by atoms with van der Waals surface area (Å²) in [5.74, 6) is 0.749. The summed E-state index contributed by atoms with van der Waals surface area (Å²) < 4.78 is 11.6. The molecule has 1 fully saturated rings. The van der Waals surface area contributed by atoms with Crippen LogP contribution in [0, 0.1) is 0 Å². The Kier molecular flexibility index (Phi) is 7.16. The SMILES string of the molecule is O=c1c(-c2ccccc2)coc2cc(OCCCCCCN3CCNCC3)ccc12. The second-order valence-corrected chi connectivity index (χ2v) is 7.86. The van der Waals surface area contributed by atoms with Gasteiger partial charge in [-0.15, -0.1) is 0 Å². The fourth-order valence-corrected chi connectivity index (χ4v) is 3.93. The second-order valence-electron chi connectivity index (χ2n) is 7.86. The molecule has 5 nitrogen and oxygen atoms in total. The Morgan fingerprint density at radius 2 is 1.77 bits per heavy atom. The highest BCUT2D eigenvalue weighted by molar-refractivity contribution is 5.82. The lowest BCUT2D eigenvalue weighted by Crippen LogP contribution is -2.43. The maximum absolute atomic E-state index is 12.8. The van der Waals surface area contributed by atoms with Crippen molar-refractivity contribution in [2.45, 2.75) is 25.7 Å². The fraction of sp³-hybridized carbons (Fsp3) is 0.400. The Balaban J connectivity index is 1.25. The van der Waals surface area contributed by atoms with Crippen LogP contribution >= 0.6 is 0 Å². The highest BCUT2D eigenvalue weighted by Gasteiger charge is 2.10. The number of hydrogen-bond acceptors (Lipinski definition) is 5. The molecule has 0 aliphatic carbocycles. The Morgan fingerprint density at radius 1 is 0.967 bits per heavy atom. The zero-order valence-electron chi connectivity index (χ0n) is 17.4. The molecule has 0 saturated carbocycles. The van der Waals surface area contributed by atoms with Crippen molar-refractivity contribution in [2.75, 3.05) is 39.3 Å². The van der Waals surface area contributed by atoms with Crippen molar-refractivity contribution in [1.82, 2.24) is 10.2 Å². The third-order valence-electron chi connectivity index (χ3n) is 5.68. The molecule has 3 aromatic rings. The highest BCUT2D eigenvalue weighted by Crippen LogP contribution is 2.23. The van der Waals surface area contributed by atoms with Crippen molar-refractivity contribution in [3.05, 3.63) is 65.0 Å². The summed E-state index contributed by atoms with van der Waals surface area (Å²) in [6, 6.07) is 15.1. The van der Waals surface area contributed by atoms with Gasteiger partial charge in [0.1, 0.15) is 17.6 Å². The third-order valence-corrected chi connectivity index (χ3v) is 5.68. The van der Waals surface area contributed by atoms with E-state index in [0.717, 1.165) is 30.8 Å². The van der Waals surface area contributed by atoms with E-state index in [1.807, 2.05) is 42.5 Å². The van der Waals surface area contributed by atoms with Crippen LogP contribution < -0.4 is 15.5 Å². The van der Waals surface area contributed by atoms with Gasteiger partial charge in [0, 0.05) is 32.2 Å². The van der Waals surface area contributed by atoms with Crippen LogP contribution in [0.2, 0.25) is 0 Å². The van der Waals surface area contributed by atoms with Gasteiger partial charge >= 0.3 is 0 Å². The Labute approximate surface area is 177 Å². The summed E-state index contributed by atoms with van der Waals surface area (Å²) in [7, 11) is 0. The van der Waals surface area contributed by atoms with Gasteiger partial charge in [-0.3, -0.25) is 4.79 Å². The largest absolute Gasteiger partial charge is 0.493 e. The first-order valence-electron chi connectivity index (χ1n) is 11.0. The van der Waals surface area contributed by atoms with Crippen LogP contribution in [0.25, 0.3) is 22.1 Å². The first-order chi connectivity index (χ1) is 14.8. The van der Waals surface area contributed by atoms with Crippen molar-refractivity contribution in [1.29, 1.82) is 0 Å². The molecule has 1 aliphatic rings. The van der Waals surface area contributed by atoms with Gasteiger partial charge in [-0.1, -0.05) is 43.2 Å². The molecule has 0 unspecified atom stereocenters. The van der Waals surface area contributed by atoms with E-state index in [1.54, 1.807) is 12.3 Å². The Hall–Kier alpha value is -2.63. The Bertz CT molecular complexity index is 994. The minimum atomic E-state index is -0.0153. The molecule has 5 heteroatoms. The summed E-state index contributed by atoms with van der Waals surface area (Å²) >= 11 is 0. The van der Waals surface area contributed by atoms with E-state index in [2.05, 4.69) is 10.2 Å². The molecule has 4 rings (SSSR count). The summed E-state index contributed by atoms with van der Waals surface area (Å²) in [4.78, 5) is 15.3. The molecule has 1 saturated heterocycles. The molecule has 0 amide bonds. The number of hydrogen-bond donors (Lipinski definition) is 1. The molecule has 1 aliphatic heterocycles. The van der Waals surface area contributed by atoms with Gasteiger partial charge in [0.25, 0.3) is 0 Å². The Morgan fingerprint density at radius 3 is 2.60 bits per heavy atom. The predicted octanol–water partition coefficient (Wildman–Crippen LogP) is 4.30. The number of piperazine rings is 1. The minimum Gasteiger partial charge on any atom is -0.493 e. The second kappa shape index (κ2) is 10.4. The summed E-state index contributed by atoms with van der Waals surface area (Å²) in [6.07, 6.45) is 6.25. The van der Waals surface area contributed by atoms with Crippen molar-refractivity contribution in [2.24, 2.45) is 0 Å². The van der Waals surface area contributed by atoms with Crippen LogP contribution in [-0.4, -0.2) is 44.2 Å². The molecule has 0 radical (unpaired) electrons. The zero-order chi connectivity index (χ0) is 20.6. The van der Waals surface area contributed by atoms with Gasteiger partial charge in [-0.2, -0.15) is 0 Å². The molecule has 30 heavy (non-hydrogen) atoms. The van der Waals surface area contributed by atoms with Crippen LogP contribution in [0.3, 0.4) is 0 Å². The van der Waals surface area contributed by atoms with E-state index in [1.165, 1.54) is 38.9 Å². The molecule has 0 spiro atoms. The zero-order valence-corrected chi connectivity index (χ0v) is 17.4. The molecule has 2 heterocycles. The number of unbranched alkanes of at least 4 members (excludes halogenated alkanes) is 3. The first kappa shape index (κ1) is 20.6. The molecule has 2 aromatic carbocycles. The van der Waals surface area contributed by atoms with Crippen LogP contribution in [0.5, 0.6) is 5.75 Å². The average Bonchev–Trinajstić information content (AvgIpc) is 2.80. The lowest BCUT2D eigenvalue weighted by Gasteiger charge is -2.26. The molecular formula is C25H30N2O3. The lowest BCUT2D eigenvalue weighted by molar-refractivity contribution is 0.234. The topological polar surface area (TPSA) is 54.7 Å². The number of ether oxygens (including phenoxy) is 1. The first-order valence-corrected chi connectivity index (χ1v) is 11.0.